The first-order valence-electron chi connectivity index (χ1n) is 4.54. The van der Waals surface area contributed by atoms with Gasteiger partial charge in [-0.05, 0) is 6.26 Å². The summed E-state index contributed by atoms with van der Waals surface area (Å²) in [6.07, 6.45) is 4.77. The van der Waals surface area contributed by atoms with E-state index in [1.165, 1.54) is 22.6 Å². The predicted molar refractivity (Wildman–Crippen MR) is 60.1 cm³/mol. The quantitative estimate of drug-likeness (QED) is 0.762. The summed E-state index contributed by atoms with van der Waals surface area (Å²) in [6.45, 7) is 0. The van der Waals surface area contributed by atoms with E-state index in [9.17, 15) is 9.59 Å². The number of carboxylic acids is 1. The van der Waals surface area contributed by atoms with E-state index in [1.807, 2.05) is 0 Å². The molecule has 0 radical (unpaired) electrons. The summed E-state index contributed by atoms with van der Waals surface area (Å²) in [4.78, 5) is 22.3. The Balaban J connectivity index is 2.76. The number of nitrogens with zero attached hydrogens (tertiary/aromatic N) is 2. The minimum Gasteiger partial charge on any atom is -0.479 e. The van der Waals surface area contributed by atoms with Crippen LogP contribution >= 0.6 is 11.8 Å². The summed E-state index contributed by atoms with van der Waals surface area (Å²) in [5.74, 6) is -1.16. The van der Waals surface area contributed by atoms with Gasteiger partial charge in [-0.15, -0.1) is 0 Å². The largest absolute Gasteiger partial charge is 0.479 e. The van der Waals surface area contributed by atoms with Gasteiger partial charge >= 0.3 is 5.97 Å². The molecule has 0 saturated carbocycles. The molecule has 0 aliphatic carbocycles. The Morgan fingerprint density at radius 3 is 2.81 bits per heavy atom. The number of nitrogens with one attached hydrogen (secondary N) is 1. The highest BCUT2D eigenvalue weighted by Crippen LogP contribution is 2.12. The van der Waals surface area contributed by atoms with Crippen LogP contribution in [0.1, 0.15) is 11.6 Å². The van der Waals surface area contributed by atoms with Crippen LogP contribution in [0.25, 0.3) is 0 Å². The number of thioether (sulfide) groups is 1. The van der Waals surface area contributed by atoms with Crippen molar-refractivity contribution >= 4 is 23.6 Å². The summed E-state index contributed by atoms with van der Waals surface area (Å²) in [7, 11) is 1.69. The molecule has 1 unspecified atom stereocenters. The van der Waals surface area contributed by atoms with Gasteiger partial charge < -0.3 is 10.4 Å². The maximum atomic E-state index is 11.3. The van der Waals surface area contributed by atoms with Crippen LogP contribution in [0.15, 0.2) is 12.4 Å². The lowest BCUT2D eigenvalue weighted by atomic mass is 10.1. The van der Waals surface area contributed by atoms with Crippen molar-refractivity contribution in [2.45, 2.75) is 6.04 Å². The second-order valence-corrected chi connectivity index (χ2v) is 4.09. The normalized spacial score (nSPS) is 12.1. The van der Waals surface area contributed by atoms with Gasteiger partial charge in [-0.3, -0.25) is 9.48 Å². The number of amides is 1. The highest BCUT2D eigenvalue weighted by atomic mass is 32.2. The molecule has 1 heterocycles. The molecule has 16 heavy (non-hydrogen) atoms. The molecule has 2 N–H and O–H groups in total. The Morgan fingerprint density at radius 1 is 1.69 bits per heavy atom. The molecule has 0 aliphatic heterocycles. The fourth-order valence-corrected chi connectivity index (χ4v) is 1.56. The molecule has 0 bridgehead atoms. The van der Waals surface area contributed by atoms with Crippen molar-refractivity contribution in [3.8, 4) is 0 Å². The number of carbonyl (C=O) groups is 2. The number of aromatic nitrogens is 2. The summed E-state index contributed by atoms with van der Waals surface area (Å²) >= 11 is 1.34. The van der Waals surface area contributed by atoms with Gasteiger partial charge in [-0.2, -0.15) is 16.9 Å². The van der Waals surface area contributed by atoms with Crippen LogP contribution in [0.5, 0.6) is 0 Å². The first-order chi connectivity index (χ1) is 7.54. The number of aliphatic carboxylic acids is 1. The van der Waals surface area contributed by atoms with Crippen LogP contribution < -0.4 is 5.32 Å². The van der Waals surface area contributed by atoms with E-state index in [1.54, 1.807) is 19.5 Å². The maximum Gasteiger partial charge on any atom is 0.331 e. The molecule has 0 fully saturated rings. The monoisotopic (exact) mass is 243 g/mol. The molecule has 0 spiro atoms. The standard InChI is InChI=1S/C9H13N3O3S/c1-12-4-6(3-10-12)8(9(14)15)11-7(13)5-16-2/h3-4,8H,5H2,1-2H3,(H,11,13)(H,14,15). The molecule has 0 aliphatic rings. The minimum absolute atomic E-state index is 0.240. The molecule has 0 aromatic carbocycles. The molecule has 1 amide bonds. The fourth-order valence-electron chi connectivity index (χ4n) is 1.21. The molecule has 6 nitrogen and oxygen atoms in total. The van der Waals surface area contributed by atoms with Gasteiger partial charge in [0, 0.05) is 18.8 Å². The lowest BCUT2D eigenvalue weighted by Gasteiger charge is -2.12. The number of carboxylic acid groups (broad SMARTS) is 1. The third-order valence-corrected chi connectivity index (χ3v) is 2.44. The van der Waals surface area contributed by atoms with E-state index in [4.69, 9.17) is 5.11 Å². The lowest BCUT2D eigenvalue weighted by molar-refractivity contribution is -0.141. The second kappa shape index (κ2) is 5.55. The smallest absolute Gasteiger partial charge is 0.331 e. The predicted octanol–water partition coefficient (Wildman–Crippen LogP) is 0.0250. The van der Waals surface area contributed by atoms with Crippen molar-refractivity contribution in [3.63, 3.8) is 0 Å². The summed E-state index contributed by atoms with van der Waals surface area (Å²) in [5.41, 5.74) is 0.462. The van der Waals surface area contributed by atoms with Gasteiger partial charge in [0.05, 0.1) is 11.9 Å². The average molecular weight is 243 g/mol. The van der Waals surface area contributed by atoms with E-state index in [0.717, 1.165) is 0 Å². The van der Waals surface area contributed by atoms with E-state index >= 15 is 0 Å². The number of hydrogen-bond acceptors (Lipinski definition) is 4. The van der Waals surface area contributed by atoms with Gasteiger partial charge in [-0.25, -0.2) is 4.79 Å². The number of aryl methyl sites for hydroxylation is 1. The third kappa shape index (κ3) is 3.27. The van der Waals surface area contributed by atoms with Crippen molar-refractivity contribution in [3.05, 3.63) is 18.0 Å². The maximum absolute atomic E-state index is 11.3. The number of carbonyl (C=O) groups excluding carboxylic acids is 1. The second-order valence-electron chi connectivity index (χ2n) is 3.22. The van der Waals surface area contributed by atoms with E-state index in [2.05, 4.69) is 10.4 Å². The summed E-state index contributed by atoms with van der Waals surface area (Å²) in [5, 5.41) is 15.3. The van der Waals surface area contributed by atoms with Crippen molar-refractivity contribution < 1.29 is 14.7 Å². The van der Waals surface area contributed by atoms with E-state index < -0.39 is 12.0 Å². The van der Waals surface area contributed by atoms with Crippen molar-refractivity contribution in [2.75, 3.05) is 12.0 Å². The van der Waals surface area contributed by atoms with Gasteiger partial charge in [0.15, 0.2) is 6.04 Å². The lowest BCUT2D eigenvalue weighted by Crippen LogP contribution is -2.34. The Morgan fingerprint density at radius 2 is 2.38 bits per heavy atom. The third-order valence-electron chi connectivity index (χ3n) is 1.89. The van der Waals surface area contributed by atoms with Gasteiger partial charge in [-0.1, -0.05) is 0 Å². The molecule has 1 atom stereocenters. The molecule has 0 saturated heterocycles. The van der Waals surface area contributed by atoms with Gasteiger partial charge in [0.1, 0.15) is 0 Å². The Hall–Kier alpha value is -1.50. The van der Waals surface area contributed by atoms with Crippen LogP contribution in [0.2, 0.25) is 0 Å². The zero-order valence-corrected chi connectivity index (χ0v) is 9.82. The Kier molecular flexibility index (Phi) is 4.36. The van der Waals surface area contributed by atoms with Gasteiger partial charge in [0.2, 0.25) is 5.91 Å². The molecule has 7 heteroatoms. The zero-order valence-electron chi connectivity index (χ0n) is 9.01. The van der Waals surface area contributed by atoms with Crippen LogP contribution in [-0.2, 0) is 16.6 Å². The minimum atomic E-state index is -1.09. The van der Waals surface area contributed by atoms with E-state index in [-0.39, 0.29) is 11.7 Å². The number of rotatable bonds is 5. The molecule has 1 aromatic rings. The molecule has 1 aromatic heterocycles. The fraction of sp³-hybridized carbons (Fsp3) is 0.444. The topological polar surface area (TPSA) is 84.2 Å². The molecular weight excluding hydrogens is 230 g/mol. The first-order valence-corrected chi connectivity index (χ1v) is 5.93. The van der Waals surface area contributed by atoms with Crippen LogP contribution in [0, 0.1) is 0 Å². The number of hydrogen-bond donors (Lipinski definition) is 2. The summed E-state index contributed by atoms with van der Waals surface area (Å²) < 4.78 is 1.49. The molecular formula is C9H13N3O3S. The summed E-state index contributed by atoms with van der Waals surface area (Å²) in [6, 6.07) is -1.03. The molecule has 88 valence electrons. The van der Waals surface area contributed by atoms with Crippen LogP contribution in [0.3, 0.4) is 0 Å². The molecule has 1 rings (SSSR count). The van der Waals surface area contributed by atoms with Crippen LogP contribution in [0.4, 0.5) is 0 Å². The Labute approximate surface area is 97.0 Å². The Bertz CT molecular complexity index is 391. The average Bonchev–Trinajstić information content (AvgIpc) is 2.61. The van der Waals surface area contributed by atoms with E-state index in [0.29, 0.717) is 5.56 Å². The van der Waals surface area contributed by atoms with Crippen molar-refractivity contribution in [1.82, 2.24) is 15.1 Å². The zero-order chi connectivity index (χ0) is 12.1. The van der Waals surface area contributed by atoms with Crippen LogP contribution in [-0.4, -0.2) is 38.8 Å². The van der Waals surface area contributed by atoms with Gasteiger partial charge in [0.25, 0.3) is 0 Å². The SMILES string of the molecule is CSCC(=O)NC(C(=O)O)c1cnn(C)c1. The van der Waals surface area contributed by atoms with Crippen molar-refractivity contribution in [1.29, 1.82) is 0 Å². The van der Waals surface area contributed by atoms with Crippen molar-refractivity contribution in [2.24, 2.45) is 7.05 Å². The highest BCUT2D eigenvalue weighted by Gasteiger charge is 2.22. The first kappa shape index (κ1) is 12.6. The highest BCUT2D eigenvalue weighted by molar-refractivity contribution is 7.99.